The Kier molecular flexibility index (Phi) is 4.57. The molecular weight excluding hydrogens is 197 g/mol. The molecule has 6 heteroatoms. The summed E-state index contributed by atoms with van der Waals surface area (Å²) in [6, 6.07) is 0. The predicted molar refractivity (Wildman–Crippen MR) is 56.0 cm³/mol. The van der Waals surface area contributed by atoms with Gasteiger partial charge in [0, 0.05) is 0 Å². The molecule has 1 aliphatic rings. The van der Waals surface area contributed by atoms with Crippen LogP contribution < -0.4 is 5.73 Å². The van der Waals surface area contributed by atoms with Crippen molar-refractivity contribution in [1.29, 1.82) is 0 Å². The summed E-state index contributed by atoms with van der Waals surface area (Å²) in [5.74, 6) is -0.636. The normalized spacial score (nSPS) is 30.5. The number of carboxylic acid groups (broad SMARTS) is 1. The Bertz CT molecular complexity index is 224. The minimum atomic E-state index is -1.30. The second-order valence-corrected chi connectivity index (χ2v) is 4.32. The van der Waals surface area contributed by atoms with Crippen LogP contribution in [0.5, 0.6) is 0 Å². The Morgan fingerprint density at radius 1 is 1.33 bits per heavy atom. The van der Waals surface area contributed by atoms with E-state index in [2.05, 4.69) is 0 Å². The maximum atomic E-state index is 10.8. The molecule has 0 aliphatic heterocycles. The molecule has 5 nitrogen and oxygen atoms in total. The Hall–Kier alpha value is -0.585. The summed E-state index contributed by atoms with van der Waals surface area (Å²) in [5, 5.41) is 26.4. The quantitative estimate of drug-likeness (QED) is 0.464. The minimum absolute atomic E-state index is 0.213. The summed E-state index contributed by atoms with van der Waals surface area (Å²) in [6.07, 6.45) is 2.18. The van der Waals surface area contributed by atoms with Crippen LogP contribution in [0.25, 0.3) is 0 Å². The van der Waals surface area contributed by atoms with Crippen LogP contribution in [-0.2, 0) is 4.79 Å². The molecule has 0 radical (unpaired) electrons. The largest absolute Gasteiger partial charge is 0.481 e. The van der Waals surface area contributed by atoms with Gasteiger partial charge in [-0.15, -0.1) is 0 Å². The van der Waals surface area contributed by atoms with Crippen LogP contribution in [0.3, 0.4) is 0 Å². The highest BCUT2D eigenvalue weighted by molar-refractivity contribution is 6.40. The van der Waals surface area contributed by atoms with Crippen molar-refractivity contribution in [3.8, 4) is 0 Å². The first kappa shape index (κ1) is 12.5. The van der Waals surface area contributed by atoms with Crippen LogP contribution in [0.1, 0.15) is 19.3 Å². The molecule has 1 aliphatic carbocycles. The molecule has 0 saturated heterocycles. The van der Waals surface area contributed by atoms with Crippen molar-refractivity contribution in [3.63, 3.8) is 0 Å². The molecule has 3 atom stereocenters. The lowest BCUT2D eigenvalue weighted by Crippen LogP contribution is -2.20. The topological polar surface area (TPSA) is 104 Å². The average Bonchev–Trinajstić information content (AvgIpc) is 2.57. The summed E-state index contributed by atoms with van der Waals surface area (Å²) in [4.78, 5) is 10.8. The van der Waals surface area contributed by atoms with Gasteiger partial charge in [0.1, 0.15) is 0 Å². The van der Waals surface area contributed by atoms with Crippen LogP contribution in [0.2, 0.25) is 6.32 Å². The van der Waals surface area contributed by atoms with Crippen molar-refractivity contribution in [2.24, 2.45) is 23.5 Å². The Morgan fingerprint density at radius 2 is 1.93 bits per heavy atom. The highest BCUT2D eigenvalue weighted by Crippen LogP contribution is 2.38. The number of carbonyl (C=O) groups is 1. The van der Waals surface area contributed by atoms with Crippen LogP contribution in [0, 0.1) is 17.8 Å². The lowest BCUT2D eigenvalue weighted by atomic mass is 9.78. The Balaban J connectivity index is 2.45. The lowest BCUT2D eigenvalue weighted by molar-refractivity contribution is -0.141. The van der Waals surface area contributed by atoms with Crippen molar-refractivity contribution >= 4 is 13.1 Å². The van der Waals surface area contributed by atoms with Gasteiger partial charge in [-0.2, -0.15) is 0 Å². The summed E-state index contributed by atoms with van der Waals surface area (Å²) < 4.78 is 0. The molecule has 1 unspecified atom stereocenters. The third-order valence-electron chi connectivity index (χ3n) is 3.29. The molecule has 0 aromatic carbocycles. The third kappa shape index (κ3) is 3.48. The Morgan fingerprint density at radius 3 is 2.40 bits per heavy atom. The molecule has 1 saturated carbocycles. The molecule has 0 heterocycles. The molecule has 15 heavy (non-hydrogen) atoms. The van der Waals surface area contributed by atoms with Crippen molar-refractivity contribution in [2.45, 2.75) is 25.6 Å². The van der Waals surface area contributed by atoms with Crippen molar-refractivity contribution in [2.75, 3.05) is 6.54 Å². The smallest absolute Gasteiger partial charge is 0.451 e. The summed E-state index contributed by atoms with van der Waals surface area (Å²) in [7, 11) is -1.30. The average molecular weight is 215 g/mol. The lowest BCUT2D eigenvalue weighted by Gasteiger charge is -2.16. The molecule has 0 spiro atoms. The van der Waals surface area contributed by atoms with Gasteiger partial charge in [-0.3, -0.25) is 4.79 Å². The third-order valence-corrected chi connectivity index (χ3v) is 3.29. The standard InChI is InChI=1S/C9H18BNO4/c11-5-8-4-7(9(12)13)3-6(8)1-2-10(14)15/h6-8,14-15H,1-5,11H2,(H,12,13)/t6-,7-,8?/m0/s1. The molecule has 1 fully saturated rings. The van der Waals surface area contributed by atoms with E-state index in [0.717, 1.165) is 0 Å². The number of aliphatic carboxylic acids is 1. The fraction of sp³-hybridized carbons (Fsp3) is 0.889. The van der Waals surface area contributed by atoms with E-state index < -0.39 is 13.1 Å². The number of rotatable bonds is 5. The van der Waals surface area contributed by atoms with Gasteiger partial charge in [-0.05, 0) is 37.5 Å². The van der Waals surface area contributed by atoms with Crippen LogP contribution >= 0.6 is 0 Å². The monoisotopic (exact) mass is 215 g/mol. The van der Waals surface area contributed by atoms with E-state index in [4.69, 9.17) is 20.9 Å². The fourth-order valence-corrected chi connectivity index (χ4v) is 2.42. The highest BCUT2D eigenvalue weighted by atomic mass is 16.4. The number of carboxylic acids is 1. The molecule has 5 N–H and O–H groups in total. The Labute approximate surface area is 89.4 Å². The van der Waals surface area contributed by atoms with Gasteiger partial charge in [0.2, 0.25) is 0 Å². The minimum Gasteiger partial charge on any atom is -0.481 e. The van der Waals surface area contributed by atoms with Gasteiger partial charge < -0.3 is 20.9 Å². The zero-order chi connectivity index (χ0) is 11.4. The van der Waals surface area contributed by atoms with E-state index in [-0.39, 0.29) is 17.8 Å². The highest BCUT2D eigenvalue weighted by Gasteiger charge is 2.37. The SMILES string of the molecule is NCC1C[C@@H](C(=O)O)C[C@@H]1CCB(O)O. The van der Waals surface area contributed by atoms with Gasteiger partial charge >= 0.3 is 13.1 Å². The second kappa shape index (κ2) is 5.49. The molecule has 0 amide bonds. The van der Waals surface area contributed by atoms with Crippen molar-refractivity contribution < 1.29 is 19.9 Å². The second-order valence-electron chi connectivity index (χ2n) is 4.32. The van der Waals surface area contributed by atoms with Crippen molar-refractivity contribution in [1.82, 2.24) is 0 Å². The summed E-state index contributed by atoms with van der Waals surface area (Å²) >= 11 is 0. The van der Waals surface area contributed by atoms with E-state index in [1.165, 1.54) is 0 Å². The molecule has 1 rings (SSSR count). The van der Waals surface area contributed by atoms with Gasteiger partial charge in [0.25, 0.3) is 0 Å². The van der Waals surface area contributed by atoms with Crippen LogP contribution in [0.4, 0.5) is 0 Å². The first-order chi connectivity index (χ1) is 7.04. The molecule has 0 aromatic rings. The zero-order valence-corrected chi connectivity index (χ0v) is 8.67. The zero-order valence-electron chi connectivity index (χ0n) is 8.67. The number of nitrogens with two attached hydrogens (primary N) is 1. The number of hydrogen-bond acceptors (Lipinski definition) is 4. The van der Waals surface area contributed by atoms with Gasteiger partial charge in [0.05, 0.1) is 5.92 Å². The maximum absolute atomic E-state index is 10.8. The molecule has 0 aromatic heterocycles. The fourth-order valence-electron chi connectivity index (χ4n) is 2.42. The summed E-state index contributed by atoms with van der Waals surface area (Å²) in [6.45, 7) is 0.482. The van der Waals surface area contributed by atoms with E-state index in [0.29, 0.717) is 32.1 Å². The van der Waals surface area contributed by atoms with Crippen molar-refractivity contribution in [3.05, 3.63) is 0 Å². The number of hydrogen-bond donors (Lipinski definition) is 4. The molecule has 86 valence electrons. The molecular formula is C9H18BNO4. The maximum Gasteiger partial charge on any atom is 0.451 e. The van der Waals surface area contributed by atoms with Gasteiger partial charge in [-0.1, -0.05) is 6.42 Å². The van der Waals surface area contributed by atoms with Crippen LogP contribution in [0.15, 0.2) is 0 Å². The van der Waals surface area contributed by atoms with E-state index in [1.54, 1.807) is 0 Å². The van der Waals surface area contributed by atoms with Gasteiger partial charge in [0.15, 0.2) is 0 Å². The van der Waals surface area contributed by atoms with E-state index >= 15 is 0 Å². The van der Waals surface area contributed by atoms with Gasteiger partial charge in [-0.25, -0.2) is 0 Å². The summed E-state index contributed by atoms with van der Waals surface area (Å²) in [5.41, 5.74) is 5.58. The first-order valence-electron chi connectivity index (χ1n) is 5.33. The van der Waals surface area contributed by atoms with E-state index in [9.17, 15) is 4.79 Å². The first-order valence-corrected chi connectivity index (χ1v) is 5.33. The van der Waals surface area contributed by atoms with Crippen LogP contribution in [-0.4, -0.2) is 34.8 Å². The van der Waals surface area contributed by atoms with E-state index in [1.807, 2.05) is 0 Å². The predicted octanol–water partition coefficient (Wildman–Crippen LogP) is -0.465. The molecule has 0 bridgehead atoms.